The molecule has 0 aromatic heterocycles. The van der Waals surface area contributed by atoms with Gasteiger partial charge >= 0.3 is 0 Å². The molecule has 0 radical (unpaired) electrons. The van der Waals surface area contributed by atoms with E-state index in [4.69, 9.17) is 0 Å². The van der Waals surface area contributed by atoms with E-state index in [-0.39, 0.29) is 5.54 Å². The molecule has 2 aliphatic rings. The van der Waals surface area contributed by atoms with Gasteiger partial charge < -0.3 is 10.2 Å². The van der Waals surface area contributed by atoms with Crippen molar-refractivity contribution in [3.05, 3.63) is 0 Å². The molecule has 1 saturated carbocycles. The van der Waals surface area contributed by atoms with E-state index in [0.29, 0.717) is 5.41 Å². The summed E-state index contributed by atoms with van der Waals surface area (Å²) in [5.74, 6) is 0. The fourth-order valence-corrected chi connectivity index (χ4v) is 4.15. The smallest absolute Gasteiger partial charge is 0.00967 e. The van der Waals surface area contributed by atoms with Crippen LogP contribution >= 0.6 is 0 Å². The number of hydrogen-bond acceptors (Lipinski definition) is 2. The third-order valence-corrected chi connectivity index (χ3v) is 5.64. The molecule has 1 aliphatic carbocycles. The quantitative estimate of drug-likeness (QED) is 0.763. The lowest BCUT2D eigenvalue weighted by atomic mass is 9.78. The molecule has 2 heteroatoms. The van der Waals surface area contributed by atoms with Gasteiger partial charge in [0.25, 0.3) is 0 Å². The minimum atomic E-state index is 0.243. The van der Waals surface area contributed by atoms with Gasteiger partial charge in [-0.3, -0.25) is 0 Å². The van der Waals surface area contributed by atoms with E-state index in [0.717, 1.165) is 6.04 Å². The van der Waals surface area contributed by atoms with Gasteiger partial charge in [0.15, 0.2) is 0 Å². The fraction of sp³-hybridized carbons (Fsp3) is 1.00. The summed E-state index contributed by atoms with van der Waals surface area (Å²) in [4.78, 5) is 2.80. The van der Waals surface area contributed by atoms with Crippen LogP contribution in [-0.4, -0.2) is 36.1 Å². The van der Waals surface area contributed by atoms with Crippen LogP contribution < -0.4 is 5.32 Å². The molecular formula is C19H38N2. The molecule has 1 aliphatic heterocycles. The van der Waals surface area contributed by atoms with Crippen LogP contribution in [-0.2, 0) is 0 Å². The average Bonchev–Trinajstić information content (AvgIpc) is 2.65. The largest absolute Gasteiger partial charge is 0.311 e. The lowest BCUT2D eigenvalue weighted by molar-refractivity contribution is 0.0715. The molecule has 2 nitrogen and oxygen atoms in total. The van der Waals surface area contributed by atoms with Gasteiger partial charge in [-0.15, -0.1) is 0 Å². The molecule has 1 N–H and O–H groups in total. The molecule has 124 valence electrons. The van der Waals surface area contributed by atoms with Crippen molar-refractivity contribution < 1.29 is 0 Å². The number of nitrogens with one attached hydrogen (secondary N) is 1. The van der Waals surface area contributed by atoms with Crippen LogP contribution in [0.25, 0.3) is 0 Å². The second-order valence-corrected chi connectivity index (χ2v) is 8.83. The first-order valence-corrected chi connectivity index (χ1v) is 9.39. The summed E-state index contributed by atoms with van der Waals surface area (Å²) in [6, 6.07) is 0.800. The first-order chi connectivity index (χ1) is 9.90. The Morgan fingerprint density at radius 1 is 1.00 bits per heavy atom. The maximum absolute atomic E-state index is 3.84. The lowest BCUT2D eigenvalue weighted by Gasteiger charge is -2.43. The molecule has 2 rings (SSSR count). The third-order valence-electron chi connectivity index (χ3n) is 5.64. The van der Waals surface area contributed by atoms with E-state index >= 15 is 0 Å². The monoisotopic (exact) mass is 294 g/mol. The topological polar surface area (TPSA) is 15.3 Å². The van der Waals surface area contributed by atoms with Gasteiger partial charge in [-0.2, -0.15) is 0 Å². The summed E-state index contributed by atoms with van der Waals surface area (Å²) in [5, 5.41) is 3.84. The highest BCUT2D eigenvalue weighted by atomic mass is 15.2. The van der Waals surface area contributed by atoms with Gasteiger partial charge in [-0.25, -0.2) is 0 Å². The van der Waals surface area contributed by atoms with E-state index in [1.54, 1.807) is 0 Å². The van der Waals surface area contributed by atoms with Crippen molar-refractivity contribution in [3.8, 4) is 0 Å². The van der Waals surface area contributed by atoms with E-state index in [1.165, 1.54) is 77.4 Å². The average molecular weight is 295 g/mol. The van der Waals surface area contributed by atoms with Crippen molar-refractivity contribution in [3.63, 3.8) is 0 Å². The van der Waals surface area contributed by atoms with Gasteiger partial charge in [-0.05, 0) is 65.3 Å². The fourth-order valence-electron chi connectivity index (χ4n) is 4.15. The Hall–Kier alpha value is -0.0800. The van der Waals surface area contributed by atoms with E-state index in [9.17, 15) is 0 Å². The first-order valence-electron chi connectivity index (χ1n) is 9.39. The van der Waals surface area contributed by atoms with Crippen LogP contribution in [0.2, 0.25) is 0 Å². The molecule has 1 atom stereocenters. The summed E-state index contributed by atoms with van der Waals surface area (Å²) in [6.45, 7) is 13.2. The molecule has 0 aromatic carbocycles. The number of hydrogen-bond donors (Lipinski definition) is 1. The molecule has 0 aromatic rings. The number of rotatable bonds is 4. The zero-order chi connectivity index (χ0) is 15.3. The summed E-state index contributed by atoms with van der Waals surface area (Å²) >= 11 is 0. The summed E-state index contributed by atoms with van der Waals surface area (Å²) in [6.07, 6.45) is 12.9. The Bertz CT molecular complexity index is 297. The highest BCUT2D eigenvalue weighted by Crippen LogP contribution is 2.37. The maximum atomic E-state index is 3.84. The van der Waals surface area contributed by atoms with Crippen molar-refractivity contribution in [2.24, 2.45) is 5.41 Å². The van der Waals surface area contributed by atoms with Crippen molar-refractivity contribution >= 4 is 0 Å². The van der Waals surface area contributed by atoms with E-state index < -0.39 is 0 Å². The molecule has 1 saturated heterocycles. The molecule has 21 heavy (non-hydrogen) atoms. The normalized spacial score (nSPS) is 28.3. The number of nitrogens with zero attached hydrogens (tertiary/aromatic N) is 1. The molecule has 2 fully saturated rings. The summed E-state index contributed by atoms with van der Waals surface area (Å²) in [7, 11) is 0. The van der Waals surface area contributed by atoms with Crippen LogP contribution in [0.3, 0.4) is 0 Å². The number of piperidine rings is 1. The molecule has 0 spiro atoms. The van der Waals surface area contributed by atoms with Crippen molar-refractivity contribution in [2.45, 2.75) is 97.1 Å². The van der Waals surface area contributed by atoms with Crippen LogP contribution in [0.4, 0.5) is 0 Å². The van der Waals surface area contributed by atoms with Crippen LogP contribution in [0.15, 0.2) is 0 Å². The SMILES string of the molecule is CC1CCCCN1CC1(CNC(C)(C)C)CCCCCC1. The van der Waals surface area contributed by atoms with Gasteiger partial charge in [0.1, 0.15) is 0 Å². The first kappa shape index (κ1) is 17.3. The van der Waals surface area contributed by atoms with Crippen LogP contribution in [0.1, 0.15) is 85.5 Å². The Balaban J connectivity index is 2.02. The number of likely N-dealkylation sites (tertiary alicyclic amines) is 1. The lowest BCUT2D eigenvalue weighted by Crippen LogP contribution is -2.51. The van der Waals surface area contributed by atoms with Gasteiger partial charge in [0.05, 0.1) is 0 Å². The Morgan fingerprint density at radius 2 is 1.67 bits per heavy atom. The second kappa shape index (κ2) is 7.46. The summed E-state index contributed by atoms with van der Waals surface area (Å²) in [5.41, 5.74) is 0.766. The zero-order valence-corrected chi connectivity index (χ0v) is 15.0. The highest BCUT2D eigenvalue weighted by molar-refractivity contribution is 4.91. The molecule has 1 unspecified atom stereocenters. The standard InChI is InChI=1S/C19H38N2/c1-17-11-7-10-14-21(17)16-19(15-20-18(2,3)4)12-8-5-6-9-13-19/h17,20H,5-16H2,1-4H3. The third kappa shape index (κ3) is 5.56. The zero-order valence-electron chi connectivity index (χ0n) is 15.0. The predicted octanol–water partition coefficient (Wildman–Crippen LogP) is 4.59. The van der Waals surface area contributed by atoms with Crippen molar-refractivity contribution in [2.75, 3.05) is 19.6 Å². The molecular weight excluding hydrogens is 256 g/mol. The van der Waals surface area contributed by atoms with E-state index in [1.807, 2.05) is 0 Å². The maximum Gasteiger partial charge on any atom is 0.00967 e. The highest BCUT2D eigenvalue weighted by Gasteiger charge is 2.35. The molecule has 0 amide bonds. The van der Waals surface area contributed by atoms with Crippen LogP contribution in [0.5, 0.6) is 0 Å². The summed E-state index contributed by atoms with van der Waals surface area (Å²) < 4.78 is 0. The second-order valence-electron chi connectivity index (χ2n) is 8.83. The predicted molar refractivity (Wildman–Crippen MR) is 92.8 cm³/mol. The Labute approximate surface area is 133 Å². The van der Waals surface area contributed by atoms with Crippen LogP contribution in [0, 0.1) is 5.41 Å². The molecule has 1 heterocycles. The van der Waals surface area contributed by atoms with Crippen molar-refractivity contribution in [1.82, 2.24) is 10.2 Å². The minimum Gasteiger partial charge on any atom is -0.311 e. The minimum absolute atomic E-state index is 0.243. The molecule has 0 bridgehead atoms. The van der Waals surface area contributed by atoms with Crippen molar-refractivity contribution in [1.29, 1.82) is 0 Å². The van der Waals surface area contributed by atoms with Gasteiger partial charge in [0, 0.05) is 24.7 Å². The van der Waals surface area contributed by atoms with Gasteiger partial charge in [0.2, 0.25) is 0 Å². The Morgan fingerprint density at radius 3 is 2.24 bits per heavy atom. The van der Waals surface area contributed by atoms with E-state index in [2.05, 4.69) is 37.9 Å². The Kier molecular flexibility index (Phi) is 6.14. The van der Waals surface area contributed by atoms with Gasteiger partial charge in [-0.1, -0.05) is 32.1 Å².